The fourth-order valence-electron chi connectivity index (χ4n) is 2.33. The average Bonchev–Trinajstić information content (AvgIpc) is 2.46. The lowest BCUT2D eigenvalue weighted by Gasteiger charge is -2.34. The van der Waals surface area contributed by atoms with Crippen LogP contribution in [-0.4, -0.2) is 30.7 Å². The van der Waals surface area contributed by atoms with E-state index < -0.39 is 0 Å². The lowest BCUT2D eigenvalue weighted by molar-refractivity contribution is 0.319. The molecule has 0 aliphatic carbocycles. The van der Waals surface area contributed by atoms with Gasteiger partial charge in [0.15, 0.2) is 0 Å². The van der Waals surface area contributed by atoms with Gasteiger partial charge >= 0.3 is 0 Å². The molecule has 1 aromatic carbocycles. The van der Waals surface area contributed by atoms with Crippen LogP contribution in [0.1, 0.15) is 26.7 Å². The molecule has 0 radical (unpaired) electrons. The van der Waals surface area contributed by atoms with Gasteiger partial charge in [-0.3, -0.25) is 0 Å². The minimum Gasteiger partial charge on any atom is -0.491 e. The highest BCUT2D eigenvalue weighted by Crippen LogP contribution is 2.35. The number of anilines is 2. The highest BCUT2D eigenvalue weighted by atomic mass is 32.2. The third-order valence-corrected chi connectivity index (χ3v) is 4.81. The lowest BCUT2D eigenvalue weighted by atomic mass is 10.2. The van der Waals surface area contributed by atoms with E-state index in [9.17, 15) is 0 Å². The molecule has 0 amide bonds. The van der Waals surface area contributed by atoms with E-state index >= 15 is 0 Å². The van der Waals surface area contributed by atoms with Crippen molar-refractivity contribution in [1.82, 2.24) is 0 Å². The van der Waals surface area contributed by atoms with Gasteiger partial charge in [0.05, 0.1) is 18.0 Å². The van der Waals surface area contributed by atoms with E-state index in [2.05, 4.69) is 36.6 Å². The van der Waals surface area contributed by atoms with Crippen LogP contribution >= 0.6 is 11.8 Å². The van der Waals surface area contributed by atoms with Crippen molar-refractivity contribution < 1.29 is 4.74 Å². The maximum Gasteiger partial charge on any atom is 0.144 e. The molecule has 1 saturated heterocycles. The van der Waals surface area contributed by atoms with E-state index in [1.54, 1.807) is 0 Å². The Labute approximate surface area is 120 Å². The number of rotatable bonds is 5. The second kappa shape index (κ2) is 6.94. The SMILES string of the molecule is CCCOc1cccc(N2CCSC(CC)C2)c1N. The first-order chi connectivity index (χ1) is 9.26. The molecule has 0 bridgehead atoms. The summed E-state index contributed by atoms with van der Waals surface area (Å²) in [5.41, 5.74) is 8.19. The minimum absolute atomic E-state index is 0.716. The highest BCUT2D eigenvalue weighted by molar-refractivity contribution is 8.00. The van der Waals surface area contributed by atoms with Gasteiger partial charge in [-0.25, -0.2) is 0 Å². The zero-order valence-corrected chi connectivity index (χ0v) is 12.7. The van der Waals surface area contributed by atoms with Crippen molar-refractivity contribution >= 4 is 23.1 Å². The van der Waals surface area contributed by atoms with E-state index in [0.29, 0.717) is 5.25 Å². The number of nitrogens with two attached hydrogens (primary N) is 1. The Hall–Kier alpha value is -1.03. The van der Waals surface area contributed by atoms with E-state index in [1.165, 1.54) is 12.2 Å². The zero-order chi connectivity index (χ0) is 13.7. The number of thioether (sulfide) groups is 1. The third kappa shape index (κ3) is 3.50. The number of hydrogen-bond acceptors (Lipinski definition) is 4. The van der Waals surface area contributed by atoms with Crippen LogP contribution < -0.4 is 15.4 Å². The number of hydrogen-bond donors (Lipinski definition) is 1. The van der Waals surface area contributed by atoms with Crippen molar-refractivity contribution in [3.63, 3.8) is 0 Å². The molecular weight excluding hydrogens is 256 g/mol. The zero-order valence-electron chi connectivity index (χ0n) is 11.9. The third-order valence-electron chi connectivity index (χ3n) is 3.44. The van der Waals surface area contributed by atoms with Crippen LogP contribution in [0, 0.1) is 0 Å². The number of para-hydroxylation sites is 1. The lowest BCUT2D eigenvalue weighted by Crippen LogP contribution is -2.38. The summed E-state index contributed by atoms with van der Waals surface area (Å²) < 4.78 is 5.71. The van der Waals surface area contributed by atoms with Gasteiger partial charge in [-0.15, -0.1) is 0 Å². The second-order valence-electron chi connectivity index (χ2n) is 4.88. The fraction of sp³-hybridized carbons (Fsp3) is 0.600. The second-order valence-corrected chi connectivity index (χ2v) is 6.29. The van der Waals surface area contributed by atoms with Crippen LogP contribution in [0.3, 0.4) is 0 Å². The van der Waals surface area contributed by atoms with Crippen molar-refractivity contribution in [3.8, 4) is 5.75 Å². The Balaban J connectivity index is 2.14. The first-order valence-corrected chi connectivity index (χ1v) is 8.19. The van der Waals surface area contributed by atoms with Crippen LogP contribution in [0.4, 0.5) is 11.4 Å². The standard InChI is InChI=1S/C15H24N2OS/c1-3-9-18-14-7-5-6-13(15(14)16)17-8-10-19-12(4-2)11-17/h5-7,12H,3-4,8-11,16H2,1-2H3. The van der Waals surface area contributed by atoms with E-state index in [4.69, 9.17) is 10.5 Å². The molecule has 2 rings (SSSR count). The summed E-state index contributed by atoms with van der Waals surface area (Å²) in [6.45, 7) is 7.24. The molecule has 1 aliphatic rings. The van der Waals surface area contributed by atoms with Crippen molar-refractivity contribution in [1.29, 1.82) is 0 Å². The van der Waals surface area contributed by atoms with E-state index in [0.717, 1.165) is 43.2 Å². The summed E-state index contributed by atoms with van der Waals surface area (Å²) in [6.07, 6.45) is 2.22. The van der Waals surface area contributed by atoms with Gasteiger partial charge in [-0.2, -0.15) is 11.8 Å². The number of nitrogen functional groups attached to an aromatic ring is 1. The smallest absolute Gasteiger partial charge is 0.144 e. The molecule has 106 valence electrons. The van der Waals surface area contributed by atoms with Gasteiger partial charge < -0.3 is 15.4 Å². The molecule has 0 spiro atoms. The van der Waals surface area contributed by atoms with Crippen molar-refractivity contribution in [3.05, 3.63) is 18.2 Å². The summed E-state index contributed by atoms with van der Waals surface area (Å²) in [5, 5.41) is 0.716. The minimum atomic E-state index is 0.716. The number of nitrogens with zero attached hydrogens (tertiary/aromatic N) is 1. The molecule has 1 aliphatic heterocycles. The molecule has 2 N–H and O–H groups in total. The van der Waals surface area contributed by atoms with Crippen LogP contribution in [0.15, 0.2) is 18.2 Å². The average molecular weight is 280 g/mol. The highest BCUT2D eigenvalue weighted by Gasteiger charge is 2.21. The van der Waals surface area contributed by atoms with Crippen molar-refractivity contribution in [2.24, 2.45) is 0 Å². The van der Waals surface area contributed by atoms with Crippen LogP contribution in [0.25, 0.3) is 0 Å². The summed E-state index contributed by atoms with van der Waals surface area (Å²) in [6, 6.07) is 6.11. The van der Waals surface area contributed by atoms with Crippen LogP contribution in [0.2, 0.25) is 0 Å². The normalized spacial score (nSPS) is 19.5. The Morgan fingerprint density at radius 3 is 3.00 bits per heavy atom. The van der Waals surface area contributed by atoms with Crippen LogP contribution in [0.5, 0.6) is 5.75 Å². The molecule has 19 heavy (non-hydrogen) atoms. The van der Waals surface area contributed by atoms with E-state index in [-0.39, 0.29) is 0 Å². The molecule has 0 aromatic heterocycles. The molecule has 1 heterocycles. The van der Waals surface area contributed by atoms with Gasteiger partial charge in [-0.05, 0) is 25.0 Å². The number of ether oxygens (including phenoxy) is 1. The van der Waals surface area contributed by atoms with Crippen molar-refractivity contribution in [2.75, 3.05) is 36.1 Å². The predicted octanol–water partition coefficient (Wildman–Crippen LogP) is 3.39. The maximum absolute atomic E-state index is 6.27. The van der Waals surface area contributed by atoms with Crippen LogP contribution in [-0.2, 0) is 0 Å². The quantitative estimate of drug-likeness (QED) is 0.839. The Bertz CT molecular complexity index is 411. The van der Waals surface area contributed by atoms with Gasteiger partial charge in [0.1, 0.15) is 5.75 Å². The Morgan fingerprint density at radius 2 is 2.26 bits per heavy atom. The van der Waals surface area contributed by atoms with Gasteiger partial charge in [0.25, 0.3) is 0 Å². The summed E-state index contributed by atoms with van der Waals surface area (Å²) in [4.78, 5) is 2.40. The molecular formula is C15H24N2OS. The molecule has 1 unspecified atom stereocenters. The Morgan fingerprint density at radius 1 is 1.42 bits per heavy atom. The molecule has 3 nitrogen and oxygen atoms in total. The molecule has 1 aromatic rings. The van der Waals surface area contributed by atoms with E-state index in [1.807, 2.05) is 12.1 Å². The predicted molar refractivity (Wildman–Crippen MR) is 85.4 cm³/mol. The Kier molecular flexibility index (Phi) is 5.25. The molecule has 1 fully saturated rings. The van der Waals surface area contributed by atoms with Gasteiger partial charge in [-0.1, -0.05) is 19.9 Å². The summed E-state index contributed by atoms with van der Waals surface area (Å²) in [5.74, 6) is 2.00. The maximum atomic E-state index is 6.27. The largest absolute Gasteiger partial charge is 0.491 e. The van der Waals surface area contributed by atoms with Gasteiger partial charge in [0.2, 0.25) is 0 Å². The molecule has 1 atom stereocenters. The topological polar surface area (TPSA) is 38.5 Å². The monoisotopic (exact) mass is 280 g/mol. The number of benzene rings is 1. The van der Waals surface area contributed by atoms with Gasteiger partial charge in [0, 0.05) is 24.1 Å². The van der Waals surface area contributed by atoms with Crippen molar-refractivity contribution in [2.45, 2.75) is 31.9 Å². The molecule has 4 heteroatoms. The first kappa shape index (κ1) is 14.4. The summed E-state index contributed by atoms with van der Waals surface area (Å²) >= 11 is 2.07. The summed E-state index contributed by atoms with van der Waals surface area (Å²) in [7, 11) is 0. The fourth-order valence-corrected chi connectivity index (χ4v) is 3.51. The first-order valence-electron chi connectivity index (χ1n) is 7.14. The molecule has 0 saturated carbocycles.